The summed E-state index contributed by atoms with van der Waals surface area (Å²) < 4.78 is 95.8. The predicted molar refractivity (Wildman–Crippen MR) is 169 cm³/mol. The van der Waals surface area contributed by atoms with Gasteiger partial charge < -0.3 is 24.5 Å². The van der Waals surface area contributed by atoms with E-state index in [1.54, 1.807) is 37.5 Å². The number of aliphatic hydroxyl groups excluding tert-OH is 1. The number of halogens is 5. The van der Waals surface area contributed by atoms with E-state index >= 15 is 0 Å². The minimum Gasteiger partial charge on any atom is -0.369 e. The van der Waals surface area contributed by atoms with Crippen LogP contribution in [0.2, 0.25) is 25.7 Å². The maximum Gasteiger partial charge on any atom is 0.416 e. The highest BCUT2D eigenvalue weighted by atomic mass is 32.2. The summed E-state index contributed by atoms with van der Waals surface area (Å²) in [5, 5.41) is 13.2. The van der Waals surface area contributed by atoms with Crippen LogP contribution < -0.4 is 10.0 Å². The van der Waals surface area contributed by atoms with Crippen molar-refractivity contribution in [3.05, 3.63) is 29.6 Å². The number of imidazole rings is 1. The topological polar surface area (TPSA) is 115 Å². The van der Waals surface area contributed by atoms with Gasteiger partial charge >= 0.3 is 6.18 Å². The van der Waals surface area contributed by atoms with Crippen LogP contribution in [0, 0.1) is 5.92 Å². The molecule has 0 saturated heterocycles. The smallest absolute Gasteiger partial charge is 0.369 e. The number of fused-ring (bicyclic) bond motifs is 1. The Balaban J connectivity index is 1.96. The van der Waals surface area contributed by atoms with Gasteiger partial charge in [-0.1, -0.05) is 25.7 Å². The van der Waals surface area contributed by atoms with Crippen LogP contribution in [0.4, 0.5) is 22.0 Å². The first kappa shape index (κ1) is 38.5. The van der Waals surface area contributed by atoms with Gasteiger partial charge in [0.25, 0.3) is 0 Å². The molecular formula is C30H47F5N4O5SSi. The number of nitrogens with zero attached hydrogens (tertiary/aromatic N) is 2. The fourth-order valence-corrected chi connectivity index (χ4v) is 6.14. The summed E-state index contributed by atoms with van der Waals surface area (Å²) in [4.78, 5) is 17.1. The Morgan fingerprint density at radius 1 is 1.17 bits per heavy atom. The molecule has 1 aromatic heterocycles. The minimum atomic E-state index is -4.67. The Morgan fingerprint density at radius 3 is 2.35 bits per heavy atom. The highest BCUT2D eigenvalue weighted by Gasteiger charge is 2.49. The third kappa shape index (κ3) is 10.5. The van der Waals surface area contributed by atoms with Crippen molar-refractivity contribution in [1.29, 1.82) is 0 Å². The van der Waals surface area contributed by atoms with Crippen molar-refractivity contribution in [2.45, 2.75) is 121 Å². The van der Waals surface area contributed by atoms with Gasteiger partial charge in [-0.05, 0) is 58.7 Å². The van der Waals surface area contributed by atoms with Crippen LogP contribution in [0.5, 0.6) is 0 Å². The normalized spacial score (nSPS) is 18.3. The Bertz CT molecular complexity index is 1380. The number of nitrogens with one attached hydrogen (secondary N) is 2. The lowest BCUT2D eigenvalue weighted by Gasteiger charge is -2.34. The Labute approximate surface area is 270 Å². The Morgan fingerprint density at radius 2 is 1.80 bits per heavy atom. The summed E-state index contributed by atoms with van der Waals surface area (Å²) in [5.41, 5.74) is -1.40. The maximum atomic E-state index is 13.7. The third-order valence-electron chi connectivity index (χ3n) is 7.69. The molecule has 1 aliphatic rings. The number of rotatable bonds is 15. The van der Waals surface area contributed by atoms with Crippen molar-refractivity contribution in [2.24, 2.45) is 5.92 Å². The molecule has 1 amide bonds. The van der Waals surface area contributed by atoms with E-state index in [1.165, 1.54) is 6.07 Å². The number of amides is 1. The second kappa shape index (κ2) is 14.2. The number of ether oxygens (including phenoxy) is 2. The van der Waals surface area contributed by atoms with E-state index in [0.29, 0.717) is 17.6 Å². The van der Waals surface area contributed by atoms with Crippen LogP contribution >= 0.6 is 0 Å². The molecule has 3 rings (SSSR count). The van der Waals surface area contributed by atoms with E-state index in [4.69, 9.17) is 9.47 Å². The minimum absolute atomic E-state index is 0.00995. The Hall–Kier alpha value is -1.98. The van der Waals surface area contributed by atoms with Gasteiger partial charge in [-0.3, -0.25) is 4.79 Å². The molecule has 0 aliphatic heterocycles. The van der Waals surface area contributed by atoms with Gasteiger partial charge in [0.15, 0.2) is 11.8 Å². The zero-order valence-electron chi connectivity index (χ0n) is 27.7. The van der Waals surface area contributed by atoms with Crippen LogP contribution in [0.25, 0.3) is 11.0 Å². The number of aliphatic hydroxyl groups is 1. The summed E-state index contributed by atoms with van der Waals surface area (Å²) in [6.07, 6.45) is -7.02. The first-order chi connectivity index (χ1) is 20.9. The van der Waals surface area contributed by atoms with Gasteiger partial charge in [-0.2, -0.15) is 13.2 Å². The molecule has 0 spiro atoms. The van der Waals surface area contributed by atoms with Gasteiger partial charge in [0.05, 0.1) is 33.4 Å². The van der Waals surface area contributed by atoms with Gasteiger partial charge in [0, 0.05) is 39.5 Å². The van der Waals surface area contributed by atoms with Crippen LogP contribution in [0.3, 0.4) is 0 Å². The quantitative estimate of drug-likeness (QED) is 0.0866. The number of hydrogen-bond acceptors (Lipinski definition) is 6. The largest absolute Gasteiger partial charge is 0.416 e. The van der Waals surface area contributed by atoms with Gasteiger partial charge in [0.1, 0.15) is 18.6 Å². The fraction of sp³-hybridized carbons (Fsp3) is 0.733. The standard InChI is InChI=1S/C30H47F5N4O5SSi/c1-27(2,3)45(42)38-22(17-44-28(4,5)30(33,34)35)25-36-21-14-20(26(41)37-24(40)13-19-15-29(31,32)16-19)9-10-23(21)39(25)18-43-11-12-46(6,7)8/h9-10,14,19,22,26,38,41H,11-13,15-18H2,1-8H3,(H,37,40)/t22?,26-,45?/m1/s1. The van der Waals surface area contributed by atoms with E-state index in [-0.39, 0.29) is 37.4 Å². The number of benzene rings is 1. The first-order valence-electron chi connectivity index (χ1n) is 15.2. The van der Waals surface area contributed by atoms with Crippen LogP contribution in [0.15, 0.2) is 18.2 Å². The number of aromatic nitrogens is 2. The van der Waals surface area contributed by atoms with E-state index in [1.807, 2.05) is 0 Å². The highest BCUT2D eigenvalue weighted by Crippen LogP contribution is 2.44. The number of hydrogen-bond donors (Lipinski definition) is 3. The van der Waals surface area contributed by atoms with Crippen molar-refractivity contribution in [3.8, 4) is 0 Å². The van der Waals surface area contributed by atoms with E-state index in [2.05, 4.69) is 34.7 Å². The zero-order chi connectivity index (χ0) is 34.9. The predicted octanol–water partition coefficient (Wildman–Crippen LogP) is 6.34. The molecule has 1 heterocycles. The molecule has 2 aromatic rings. The summed E-state index contributed by atoms with van der Waals surface area (Å²) in [6.45, 7) is 13.5. The average molecular weight is 699 g/mol. The molecule has 16 heteroatoms. The molecule has 0 bridgehead atoms. The molecule has 9 nitrogen and oxygen atoms in total. The molecule has 3 N–H and O–H groups in total. The molecule has 1 fully saturated rings. The second-order valence-electron chi connectivity index (χ2n) is 14.7. The SMILES string of the molecule is CC(C)(C)S(=O)NC(COC(C)(C)C(F)(F)F)c1nc2cc([C@@H](O)NC(=O)CC3CC(F)(F)C3)ccc2n1COCC[Si](C)(C)C. The molecule has 46 heavy (non-hydrogen) atoms. The van der Waals surface area contributed by atoms with E-state index in [9.17, 15) is 36.1 Å². The molecule has 0 radical (unpaired) electrons. The molecule has 1 aliphatic carbocycles. The maximum absolute atomic E-state index is 13.7. The lowest BCUT2D eigenvalue weighted by Crippen LogP contribution is -2.45. The molecule has 262 valence electrons. The zero-order valence-corrected chi connectivity index (χ0v) is 29.5. The average Bonchev–Trinajstić information content (AvgIpc) is 3.23. The monoisotopic (exact) mass is 698 g/mol. The van der Waals surface area contributed by atoms with Crippen molar-refractivity contribution >= 4 is 36.0 Å². The van der Waals surface area contributed by atoms with Gasteiger partial charge in [-0.25, -0.2) is 22.7 Å². The third-order valence-corrected chi connectivity index (χ3v) is 11.0. The lowest BCUT2D eigenvalue weighted by molar-refractivity contribution is -0.265. The molecule has 1 saturated carbocycles. The summed E-state index contributed by atoms with van der Waals surface area (Å²) in [7, 11) is -3.17. The fourth-order valence-electron chi connectivity index (χ4n) is 4.60. The van der Waals surface area contributed by atoms with Gasteiger partial charge in [0.2, 0.25) is 11.8 Å². The van der Waals surface area contributed by atoms with Crippen LogP contribution in [-0.4, -0.2) is 68.5 Å². The number of carbonyl (C=O) groups is 1. The van der Waals surface area contributed by atoms with Crippen molar-refractivity contribution in [1.82, 2.24) is 19.6 Å². The molecule has 3 atom stereocenters. The number of alkyl halides is 5. The second-order valence-corrected chi connectivity index (χ2v) is 22.3. The highest BCUT2D eigenvalue weighted by molar-refractivity contribution is 7.84. The summed E-state index contributed by atoms with van der Waals surface area (Å²) in [6, 6.07) is 4.49. The van der Waals surface area contributed by atoms with Crippen molar-refractivity contribution in [3.63, 3.8) is 0 Å². The number of carbonyl (C=O) groups excluding carboxylic acids is 1. The van der Waals surface area contributed by atoms with Crippen molar-refractivity contribution in [2.75, 3.05) is 13.2 Å². The Kier molecular flexibility index (Phi) is 11.9. The van der Waals surface area contributed by atoms with Crippen molar-refractivity contribution < 1.29 is 45.5 Å². The molecule has 1 aromatic carbocycles. The van der Waals surface area contributed by atoms with Gasteiger partial charge in [-0.15, -0.1) is 0 Å². The lowest BCUT2D eigenvalue weighted by atomic mass is 9.79. The van der Waals surface area contributed by atoms with Crippen LogP contribution in [-0.2, 0) is 32.0 Å². The summed E-state index contributed by atoms with van der Waals surface area (Å²) in [5.74, 6) is -3.59. The molecular weight excluding hydrogens is 651 g/mol. The molecule has 2 unspecified atom stereocenters. The van der Waals surface area contributed by atoms with E-state index in [0.717, 1.165) is 19.9 Å². The van der Waals surface area contributed by atoms with E-state index < -0.39 is 72.2 Å². The first-order valence-corrected chi connectivity index (χ1v) is 20.1. The van der Waals surface area contributed by atoms with Crippen LogP contribution in [0.1, 0.15) is 77.5 Å². The summed E-state index contributed by atoms with van der Waals surface area (Å²) >= 11 is 0.